The molecule has 1 saturated heterocycles. The highest BCUT2D eigenvalue weighted by Gasteiger charge is 2.35. The van der Waals surface area contributed by atoms with E-state index in [9.17, 15) is 23.9 Å². The number of amides is 4. The van der Waals surface area contributed by atoms with Gasteiger partial charge in [0.2, 0.25) is 5.91 Å². The van der Waals surface area contributed by atoms with Crippen LogP contribution in [0.2, 0.25) is 5.02 Å². The van der Waals surface area contributed by atoms with Crippen LogP contribution < -0.4 is 15.5 Å². The third-order valence-corrected chi connectivity index (χ3v) is 7.78. The molecule has 4 amide bonds. The monoisotopic (exact) mass is 569 g/mol. The van der Waals surface area contributed by atoms with Gasteiger partial charge in [-0.3, -0.25) is 14.7 Å². The molecular weight excluding hydrogens is 541 g/mol. The number of hydrogen-bond donors (Lipinski definition) is 4. The molecule has 2 aromatic heterocycles. The predicted octanol–water partition coefficient (Wildman–Crippen LogP) is 5.33. The topological polar surface area (TPSA) is 144 Å². The summed E-state index contributed by atoms with van der Waals surface area (Å²) in [5.41, 5.74) is 2.18. The van der Waals surface area contributed by atoms with Crippen LogP contribution in [0.5, 0.6) is 0 Å². The number of carbonyl (C=O) groups excluding carboxylic acids is 2. The molecule has 5 rings (SSSR count). The lowest BCUT2D eigenvalue weighted by molar-refractivity contribution is -0.119. The number of pyridine rings is 1. The highest BCUT2D eigenvalue weighted by Crippen LogP contribution is 2.36. The van der Waals surface area contributed by atoms with Crippen molar-refractivity contribution in [3.05, 3.63) is 59.0 Å². The molecule has 0 aliphatic carbocycles. The van der Waals surface area contributed by atoms with Gasteiger partial charge < -0.3 is 25.6 Å². The molecule has 1 unspecified atom stereocenters. The molecule has 2 aliphatic heterocycles. The van der Waals surface area contributed by atoms with Crippen LogP contribution in [0, 0.1) is 11.7 Å². The Labute approximate surface area is 234 Å². The fourth-order valence-corrected chi connectivity index (χ4v) is 5.28. The Morgan fingerprint density at radius 2 is 2.00 bits per heavy atom. The lowest BCUT2D eigenvalue weighted by atomic mass is 9.97. The maximum absolute atomic E-state index is 14.6. The lowest BCUT2D eigenvalue weighted by Crippen LogP contribution is -2.50. The van der Waals surface area contributed by atoms with Gasteiger partial charge in [-0.2, -0.15) is 0 Å². The Hall–Kier alpha value is -4.19. The summed E-state index contributed by atoms with van der Waals surface area (Å²) in [7, 11) is 1.42. The number of nitrogens with one attached hydrogen (secondary N) is 3. The largest absolute Gasteiger partial charge is 0.465 e. The standard InChI is InChI=1S/C27H29ClFN7O4/c1-14-4-3-5-21(36-11-9-18(34-26(36)38)23-22(29)17(28)8-10-30-23)24-31-13-20(32-24)16-7-6-15(35(2)27(39)40)12-19(16)33-25(14)37/h6-8,10,12-14,18,21H,3-5,9,11H2,1-2H3,(H,31,32)(H,33,37)(H,34,38)(H,39,40)/t14-,18?,21+/m1/s1. The number of imidazole rings is 1. The van der Waals surface area contributed by atoms with Crippen LogP contribution in [0.4, 0.5) is 25.4 Å². The SMILES string of the molecule is C[C@@H]1CCC[C@H](N2CCC(c3nccc(Cl)c3F)NC2=O)c2ncc([nH]2)-c2ccc(N(C)C(=O)O)cc2NC1=O. The zero-order valence-corrected chi connectivity index (χ0v) is 22.7. The molecule has 2 aliphatic rings. The van der Waals surface area contributed by atoms with Gasteiger partial charge in [0, 0.05) is 37.0 Å². The van der Waals surface area contributed by atoms with Crippen molar-refractivity contribution in [2.75, 3.05) is 23.8 Å². The summed E-state index contributed by atoms with van der Waals surface area (Å²) in [5.74, 6) is -0.587. The molecule has 13 heteroatoms. The number of carboxylic acid groups (broad SMARTS) is 1. The van der Waals surface area contributed by atoms with Crippen LogP contribution in [0.25, 0.3) is 11.3 Å². The molecule has 40 heavy (non-hydrogen) atoms. The van der Waals surface area contributed by atoms with Gasteiger partial charge in [0.25, 0.3) is 0 Å². The minimum atomic E-state index is -1.13. The van der Waals surface area contributed by atoms with Crippen LogP contribution in [0.3, 0.4) is 0 Å². The molecule has 0 saturated carbocycles. The van der Waals surface area contributed by atoms with Crippen molar-refractivity contribution in [2.45, 2.75) is 44.7 Å². The minimum absolute atomic E-state index is 0.0516. The number of hydrogen-bond acceptors (Lipinski definition) is 5. The summed E-state index contributed by atoms with van der Waals surface area (Å²) >= 11 is 5.92. The zero-order chi connectivity index (χ0) is 28.6. The molecule has 4 heterocycles. The predicted molar refractivity (Wildman–Crippen MR) is 147 cm³/mol. The first-order valence-corrected chi connectivity index (χ1v) is 13.4. The molecule has 4 N–H and O–H groups in total. The average Bonchev–Trinajstić information content (AvgIpc) is 3.41. The fraction of sp³-hybridized carbons (Fsp3) is 0.370. The molecule has 2 bridgehead atoms. The second-order valence-corrected chi connectivity index (χ2v) is 10.5. The van der Waals surface area contributed by atoms with Gasteiger partial charge in [-0.05, 0) is 43.5 Å². The summed E-state index contributed by atoms with van der Waals surface area (Å²) in [5, 5.41) is 15.2. The molecular formula is C27H29ClFN7O4. The van der Waals surface area contributed by atoms with Gasteiger partial charge in [0.1, 0.15) is 5.82 Å². The number of rotatable bonds is 3. The van der Waals surface area contributed by atoms with Crippen molar-refractivity contribution in [1.82, 2.24) is 25.2 Å². The second-order valence-electron chi connectivity index (χ2n) is 10.1. The van der Waals surface area contributed by atoms with Crippen LogP contribution in [0.1, 0.15) is 56.2 Å². The number of aromatic amines is 1. The van der Waals surface area contributed by atoms with Crippen LogP contribution in [-0.4, -0.2) is 56.6 Å². The summed E-state index contributed by atoms with van der Waals surface area (Å²) in [6.45, 7) is 2.17. The third-order valence-electron chi connectivity index (χ3n) is 7.49. The van der Waals surface area contributed by atoms with Gasteiger partial charge in [0.15, 0.2) is 5.82 Å². The van der Waals surface area contributed by atoms with E-state index in [1.807, 2.05) is 6.92 Å². The molecule has 3 atom stereocenters. The maximum Gasteiger partial charge on any atom is 0.411 e. The Morgan fingerprint density at radius 1 is 1.20 bits per heavy atom. The molecule has 0 spiro atoms. The first-order chi connectivity index (χ1) is 19.1. The van der Waals surface area contributed by atoms with Gasteiger partial charge in [0.05, 0.1) is 40.4 Å². The maximum atomic E-state index is 14.6. The summed E-state index contributed by atoms with van der Waals surface area (Å²) in [6.07, 6.45) is 4.09. The van der Waals surface area contributed by atoms with E-state index in [0.29, 0.717) is 60.7 Å². The van der Waals surface area contributed by atoms with Crippen LogP contribution in [0.15, 0.2) is 36.7 Å². The first-order valence-electron chi connectivity index (χ1n) is 13.0. The van der Waals surface area contributed by atoms with Gasteiger partial charge in [-0.25, -0.2) is 19.0 Å². The smallest absolute Gasteiger partial charge is 0.411 e. The molecule has 0 radical (unpaired) electrons. The van der Waals surface area contributed by atoms with Gasteiger partial charge in [-0.15, -0.1) is 0 Å². The molecule has 11 nitrogen and oxygen atoms in total. The zero-order valence-electron chi connectivity index (χ0n) is 21.9. The van der Waals surface area contributed by atoms with Gasteiger partial charge >= 0.3 is 12.1 Å². The van der Waals surface area contributed by atoms with E-state index in [0.717, 1.165) is 4.90 Å². The van der Waals surface area contributed by atoms with Crippen molar-refractivity contribution < 1.29 is 23.9 Å². The minimum Gasteiger partial charge on any atom is -0.465 e. The Bertz CT molecular complexity index is 1460. The fourth-order valence-electron chi connectivity index (χ4n) is 5.13. The average molecular weight is 570 g/mol. The number of fused-ring (bicyclic) bond motifs is 4. The van der Waals surface area contributed by atoms with Crippen molar-refractivity contribution in [2.24, 2.45) is 5.92 Å². The molecule has 1 aromatic carbocycles. The number of aromatic nitrogens is 3. The molecule has 210 valence electrons. The third kappa shape index (κ3) is 5.31. The number of carbonyl (C=O) groups is 3. The molecule has 1 fully saturated rings. The van der Waals surface area contributed by atoms with Crippen molar-refractivity contribution in [3.8, 4) is 11.3 Å². The summed E-state index contributed by atoms with van der Waals surface area (Å²) in [6, 6.07) is 4.93. The first kappa shape index (κ1) is 27.4. The Kier molecular flexibility index (Phi) is 7.61. The normalized spacial score (nSPS) is 21.4. The number of benzene rings is 1. The summed E-state index contributed by atoms with van der Waals surface area (Å²) < 4.78 is 14.6. The quantitative estimate of drug-likeness (QED) is 0.335. The highest BCUT2D eigenvalue weighted by atomic mass is 35.5. The van der Waals surface area contributed by atoms with Gasteiger partial charge in [-0.1, -0.05) is 24.9 Å². The van der Waals surface area contributed by atoms with E-state index in [-0.39, 0.29) is 28.6 Å². The molecule has 3 aromatic rings. The van der Waals surface area contributed by atoms with Crippen LogP contribution >= 0.6 is 11.6 Å². The van der Waals surface area contributed by atoms with Crippen molar-refractivity contribution in [3.63, 3.8) is 0 Å². The van der Waals surface area contributed by atoms with E-state index >= 15 is 0 Å². The number of urea groups is 1. The van der Waals surface area contributed by atoms with E-state index < -0.39 is 24.0 Å². The number of nitrogens with zero attached hydrogens (tertiary/aromatic N) is 4. The van der Waals surface area contributed by atoms with Crippen molar-refractivity contribution >= 4 is 41.0 Å². The van der Waals surface area contributed by atoms with E-state index in [2.05, 4.69) is 25.6 Å². The number of anilines is 2. The van der Waals surface area contributed by atoms with E-state index in [4.69, 9.17) is 11.6 Å². The highest BCUT2D eigenvalue weighted by molar-refractivity contribution is 6.30. The van der Waals surface area contributed by atoms with Crippen LogP contribution in [-0.2, 0) is 4.79 Å². The second kappa shape index (κ2) is 11.1. The van der Waals surface area contributed by atoms with Crippen molar-refractivity contribution in [1.29, 1.82) is 0 Å². The Balaban J connectivity index is 1.46. The number of H-pyrrole nitrogens is 1. The Morgan fingerprint density at radius 3 is 2.75 bits per heavy atom. The summed E-state index contributed by atoms with van der Waals surface area (Å²) in [4.78, 5) is 52.6. The lowest BCUT2D eigenvalue weighted by Gasteiger charge is -2.37. The van der Waals surface area contributed by atoms with E-state index in [1.165, 1.54) is 19.3 Å². The van der Waals surface area contributed by atoms with E-state index in [1.54, 1.807) is 29.3 Å². The number of halogens is 2.